The molecule has 0 amide bonds. The number of aliphatic carboxylic acids is 1. The number of hydrogen-bond acceptors (Lipinski definition) is 4. The first-order chi connectivity index (χ1) is 19.0. The second-order valence-corrected chi connectivity index (χ2v) is 16.3. The van der Waals surface area contributed by atoms with Crippen LogP contribution < -0.4 is 10.4 Å². The minimum absolute atomic E-state index is 0.0357. The van der Waals surface area contributed by atoms with E-state index in [9.17, 15) is 15.0 Å². The minimum Gasteiger partial charge on any atom is -0.481 e. The van der Waals surface area contributed by atoms with E-state index in [4.69, 9.17) is 9.16 Å². The highest BCUT2D eigenvalue weighted by molar-refractivity contribution is 6.99. The Bertz CT molecular complexity index is 1110. The molecule has 0 bridgehead atoms. The van der Waals surface area contributed by atoms with Crippen LogP contribution in [0.4, 0.5) is 0 Å². The molecule has 0 aliphatic rings. The first kappa shape index (κ1) is 31.8. The van der Waals surface area contributed by atoms with Crippen LogP contribution in [-0.2, 0) is 20.6 Å². The lowest BCUT2D eigenvalue weighted by Gasteiger charge is -2.46. The molecule has 40 heavy (non-hydrogen) atoms. The van der Waals surface area contributed by atoms with Crippen LogP contribution >= 0.6 is 0 Å². The van der Waals surface area contributed by atoms with Crippen molar-refractivity contribution >= 4 is 24.7 Å². The third-order valence-corrected chi connectivity index (χ3v) is 12.9. The largest absolute Gasteiger partial charge is 0.481 e. The fourth-order valence-electron chi connectivity index (χ4n) is 5.40. The maximum Gasteiger partial charge on any atom is 0.305 e. The fraction of sp³-hybridized carbons (Fsp3) is 0.441. The van der Waals surface area contributed by atoms with E-state index >= 15 is 0 Å². The van der Waals surface area contributed by atoms with Crippen molar-refractivity contribution in [3.63, 3.8) is 0 Å². The average molecular weight is 563 g/mol. The van der Waals surface area contributed by atoms with E-state index in [0.29, 0.717) is 26.1 Å². The number of benzene rings is 3. The quantitative estimate of drug-likeness (QED) is 0.221. The molecular formula is C34H46O5Si. The fourth-order valence-corrected chi connectivity index (χ4v) is 10.2. The van der Waals surface area contributed by atoms with Crippen molar-refractivity contribution in [1.82, 2.24) is 0 Å². The Hall–Kier alpha value is -2.77. The first-order valence-corrected chi connectivity index (χ1v) is 16.3. The van der Waals surface area contributed by atoms with E-state index in [1.54, 1.807) is 0 Å². The zero-order valence-corrected chi connectivity index (χ0v) is 25.6. The SMILES string of the molecule is C[C@H](COCc1ccccc1)[C@@H](O)CC[C@H](C)[C@@H](CC(=O)O)O[Si](c1ccccc1)(c1ccccc1)C(C)(C)C. The number of rotatable bonds is 15. The molecule has 216 valence electrons. The van der Waals surface area contributed by atoms with Gasteiger partial charge in [-0.25, -0.2) is 0 Å². The van der Waals surface area contributed by atoms with Crippen molar-refractivity contribution in [2.75, 3.05) is 6.61 Å². The van der Waals surface area contributed by atoms with Crippen molar-refractivity contribution < 1.29 is 24.2 Å². The molecule has 3 rings (SSSR count). The van der Waals surface area contributed by atoms with Crippen molar-refractivity contribution in [2.45, 2.75) is 77.7 Å². The van der Waals surface area contributed by atoms with Crippen LogP contribution in [-0.4, -0.2) is 43.3 Å². The Balaban J connectivity index is 1.77. The molecule has 0 unspecified atom stereocenters. The van der Waals surface area contributed by atoms with E-state index < -0.39 is 26.5 Å². The standard InChI is InChI=1S/C34H46O5Si/c1-26(21-22-31(35)27(2)24-38-25-28-15-9-6-10-16-28)32(23-33(36)37)39-40(34(3,4)5,29-17-11-7-12-18-29)30-19-13-8-14-20-30/h6-20,26-27,31-32,35H,21-25H2,1-5H3,(H,36,37)/t26-,27+,31-,32+/m0/s1. The highest BCUT2D eigenvalue weighted by Gasteiger charge is 2.52. The van der Waals surface area contributed by atoms with Gasteiger partial charge in [-0.15, -0.1) is 0 Å². The Labute approximate surface area is 241 Å². The number of carboxylic acids is 1. The Morgan fingerprint density at radius 2 is 1.30 bits per heavy atom. The van der Waals surface area contributed by atoms with Gasteiger partial charge in [-0.2, -0.15) is 0 Å². The maximum atomic E-state index is 12.1. The van der Waals surface area contributed by atoms with Crippen molar-refractivity contribution in [2.24, 2.45) is 11.8 Å². The van der Waals surface area contributed by atoms with E-state index in [1.165, 1.54) is 0 Å². The van der Waals surface area contributed by atoms with Gasteiger partial charge in [-0.1, -0.05) is 126 Å². The summed E-state index contributed by atoms with van der Waals surface area (Å²) in [6.45, 7) is 11.6. The summed E-state index contributed by atoms with van der Waals surface area (Å²) in [6, 6.07) is 30.6. The van der Waals surface area contributed by atoms with Gasteiger partial charge in [0.1, 0.15) is 0 Å². The molecular weight excluding hydrogens is 516 g/mol. The van der Waals surface area contributed by atoms with Gasteiger partial charge in [0, 0.05) is 5.92 Å². The van der Waals surface area contributed by atoms with Gasteiger partial charge in [0.05, 0.1) is 31.8 Å². The molecule has 0 heterocycles. The second kappa shape index (κ2) is 14.7. The predicted molar refractivity (Wildman–Crippen MR) is 164 cm³/mol. The number of ether oxygens (including phenoxy) is 1. The Morgan fingerprint density at radius 3 is 1.77 bits per heavy atom. The van der Waals surface area contributed by atoms with Crippen molar-refractivity contribution in [3.8, 4) is 0 Å². The lowest BCUT2D eigenvalue weighted by atomic mass is 9.92. The summed E-state index contributed by atoms with van der Waals surface area (Å²) in [5, 5.41) is 22.8. The highest BCUT2D eigenvalue weighted by Crippen LogP contribution is 2.39. The monoisotopic (exact) mass is 562 g/mol. The molecule has 0 aromatic heterocycles. The average Bonchev–Trinajstić information content (AvgIpc) is 2.94. The number of hydrogen-bond donors (Lipinski definition) is 2. The van der Waals surface area contributed by atoms with Gasteiger partial charge in [0.15, 0.2) is 0 Å². The summed E-state index contributed by atoms with van der Waals surface area (Å²) in [6.07, 6.45) is 0.0759. The molecule has 0 radical (unpaired) electrons. The number of carboxylic acid groups (broad SMARTS) is 1. The molecule has 0 fully saturated rings. The van der Waals surface area contributed by atoms with Crippen LogP contribution in [0.2, 0.25) is 5.04 Å². The third kappa shape index (κ3) is 8.37. The molecule has 6 heteroatoms. The normalized spacial score (nSPS) is 15.2. The number of carbonyl (C=O) groups is 1. The van der Waals surface area contributed by atoms with Gasteiger partial charge in [0.25, 0.3) is 8.32 Å². The lowest BCUT2D eigenvalue weighted by Crippen LogP contribution is -2.68. The highest BCUT2D eigenvalue weighted by atomic mass is 28.4. The number of aliphatic hydroxyl groups excluding tert-OH is 1. The molecule has 0 saturated heterocycles. The van der Waals surface area contributed by atoms with Gasteiger partial charge >= 0.3 is 5.97 Å². The molecule has 2 N–H and O–H groups in total. The van der Waals surface area contributed by atoms with E-state index in [2.05, 4.69) is 52.0 Å². The summed E-state index contributed by atoms with van der Waals surface area (Å²) in [4.78, 5) is 12.1. The van der Waals surface area contributed by atoms with Crippen LogP contribution in [0.1, 0.15) is 59.4 Å². The van der Waals surface area contributed by atoms with Gasteiger partial charge in [-0.05, 0) is 39.7 Å². The van der Waals surface area contributed by atoms with Gasteiger partial charge in [0.2, 0.25) is 0 Å². The topological polar surface area (TPSA) is 76.0 Å². The predicted octanol–water partition coefficient (Wildman–Crippen LogP) is 6.04. The summed E-state index contributed by atoms with van der Waals surface area (Å²) in [7, 11) is -2.92. The maximum absolute atomic E-state index is 12.1. The number of aliphatic hydroxyl groups is 1. The van der Waals surface area contributed by atoms with Crippen LogP contribution in [0.5, 0.6) is 0 Å². The van der Waals surface area contributed by atoms with Crippen LogP contribution in [0.15, 0.2) is 91.0 Å². The minimum atomic E-state index is -2.92. The van der Waals surface area contributed by atoms with Crippen molar-refractivity contribution in [3.05, 3.63) is 96.6 Å². The summed E-state index contributed by atoms with van der Waals surface area (Å²) >= 11 is 0. The molecule has 0 saturated carbocycles. The molecule has 5 nitrogen and oxygen atoms in total. The van der Waals surface area contributed by atoms with E-state index in [0.717, 1.165) is 15.9 Å². The van der Waals surface area contributed by atoms with Gasteiger partial charge < -0.3 is 19.4 Å². The van der Waals surface area contributed by atoms with Crippen LogP contribution in [0.25, 0.3) is 0 Å². The zero-order valence-electron chi connectivity index (χ0n) is 24.6. The smallest absolute Gasteiger partial charge is 0.305 e. The van der Waals surface area contributed by atoms with E-state index in [-0.39, 0.29) is 23.3 Å². The van der Waals surface area contributed by atoms with Crippen molar-refractivity contribution in [1.29, 1.82) is 0 Å². The second-order valence-electron chi connectivity index (χ2n) is 12.0. The van der Waals surface area contributed by atoms with Crippen LogP contribution in [0, 0.1) is 11.8 Å². The summed E-state index contributed by atoms with van der Waals surface area (Å²) in [5.41, 5.74) is 1.11. The van der Waals surface area contributed by atoms with E-state index in [1.807, 2.05) is 73.7 Å². The lowest BCUT2D eigenvalue weighted by molar-refractivity contribution is -0.139. The first-order valence-electron chi connectivity index (χ1n) is 14.3. The zero-order chi connectivity index (χ0) is 29.2. The molecule has 3 aromatic carbocycles. The molecule has 0 aliphatic carbocycles. The molecule has 4 atom stereocenters. The third-order valence-electron chi connectivity index (χ3n) is 7.82. The summed E-state index contributed by atoms with van der Waals surface area (Å²) < 4.78 is 13.1. The molecule has 0 aliphatic heterocycles. The molecule has 0 spiro atoms. The molecule has 3 aromatic rings. The van der Waals surface area contributed by atoms with Crippen LogP contribution in [0.3, 0.4) is 0 Å². The Morgan fingerprint density at radius 1 is 0.800 bits per heavy atom. The Kier molecular flexibility index (Phi) is 11.7. The summed E-state index contributed by atoms with van der Waals surface area (Å²) in [5.74, 6) is -0.978. The van der Waals surface area contributed by atoms with Gasteiger partial charge in [-0.3, -0.25) is 4.79 Å².